The molecular weight excluding hydrogens is 346 g/mol. The predicted octanol–water partition coefficient (Wildman–Crippen LogP) is 2.47. The second-order valence-electron chi connectivity index (χ2n) is 7.12. The lowest BCUT2D eigenvalue weighted by Crippen LogP contribution is -2.30. The van der Waals surface area contributed by atoms with Gasteiger partial charge < -0.3 is 14.4 Å². The van der Waals surface area contributed by atoms with Gasteiger partial charge in [-0.2, -0.15) is 0 Å². The first-order valence-corrected chi connectivity index (χ1v) is 9.43. The Morgan fingerprint density at radius 2 is 2.15 bits per heavy atom. The predicted molar refractivity (Wildman–Crippen MR) is 99.0 cm³/mol. The number of likely N-dealkylation sites (tertiary alicyclic amines) is 1. The number of hydrogen-bond donors (Lipinski definition) is 0. The standard InChI is InChI=1S/C19H27N5O3/c1-15-8-9-23(12-15)19(25)27-11-10-24-18(20-21-22-24)16(2)13-26-14-17-6-4-3-5-7-17/h3-7,15-16H,8-14H2,1-2H3. The summed E-state index contributed by atoms with van der Waals surface area (Å²) in [5, 5.41) is 11.9. The van der Waals surface area contributed by atoms with Crippen molar-refractivity contribution in [3.05, 3.63) is 41.7 Å². The molecule has 0 aliphatic carbocycles. The van der Waals surface area contributed by atoms with Gasteiger partial charge in [0.1, 0.15) is 6.61 Å². The van der Waals surface area contributed by atoms with Crippen molar-refractivity contribution >= 4 is 6.09 Å². The highest BCUT2D eigenvalue weighted by Crippen LogP contribution is 2.16. The number of amides is 1. The lowest BCUT2D eigenvalue weighted by Gasteiger charge is -2.16. The SMILES string of the molecule is CC1CCN(C(=O)OCCn2nnnc2C(C)COCc2ccccc2)C1. The van der Waals surface area contributed by atoms with Gasteiger partial charge in [-0.15, -0.1) is 5.10 Å². The minimum Gasteiger partial charge on any atom is -0.447 e. The molecule has 1 aliphatic heterocycles. The highest BCUT2D eigenvalue weighted by atomic mass is 16.6. The molecule has 2 unspecified atom stereocenters. The first-order chi connectivity index (χ1) is 13.1. The lowest BCUT2D eigenvalue weighted by molar-refractivity contribution is 0.100. The first kappa shape index (κ1) is 19.3. The Bertz CT molecular complexity index is 721. The molecular formula is C19H27N5O3. The summed E-state index contributed by atoms with van der Waals surface area (Å²) in [5.41, 5.74) is 1.13. The molecule has 2 aromatic rings. The maximum atomic E-state index is 12.0. The normalized spacial score (nSPS) is 17.9. The molecule has 1 saturated heterocycles. The van der Waals surface area contributed by atoms with E-state index in [9.17, 15) is 4.79 Å². The number of ether oxygens (including phenoxy) is 2. The molecule has 1 amide bonds. The third-order valence-corrected chi connectivity index (χ3v) is 4.69. The third kappa shape index (κ3) is 5.50. The molecule has 3 rings (SSSR count). The third-order valence-electron chi connectivity index (χ3n) is 4.69. The average molecular weight is 373 g/mol. The summed E-state index contributed by atoms with van der Waals surface area (Å²) in [5.74, 6) is 1.31. The topological polar surface area (TPSA) is 82.4 Å². The van der Waals surface area contributed by atoms with Crippen molar-refractivity contribution < 1.29 is 14.3 Å². The van der Waals surface area contributed by atoms with Crippen molar-refractivity contribution in [3.8, 4) is 0 Å². The molecule has 1 aromatic heterocycles. The zero-order chi connectivity index (χ0) is 19.1. The summed E-state index contributed by atoms with van der Waals surface area (Å²) in [6, 6.07) is 10.0. The molecule has 0 N–H and O–H groups in total. The zero-order valence-electron chi connectivity index (χ0n) is 16.0. The fourth-order valence-corrected chi connectivity index (χ4v) is 3.14. The van der Waals surface area contributed by atoms with E-state index in [1.54, 1.807) is 9.58 Å². The fraction of sp³-hybridized carbons (Fsp3) is 0.579. The van der Waals surface area contributed by atoms with Gasteiger partial charge in [-0.05, 0) is 28.3 Å². The van der Waals surface area contributed by atoms with Crippen LogP contribution >= 0.6 is 0 Å². The second kappa shape index (κ2) is 9.45. The van der Waals surface area contributed by atoms with Gasteiger partial charge in [0.05, 0.1) is 19.8 Å². The molecule has 2 heterocycles. The number of hydrogen-bond acceptors (Lipinski definition) is 6. The first-order valence-electron chi connectivity index (χ1n) is 9.43. The minimum absolute atomic E-state index is 0.0406. The van der Waals surface area contributed by atoms with Gasteiger partial charge in [0.2, 0.25) is 0 Å². The van der Waals surface area contributed by atoms with Crippen LogP contribution in [0.4, 0.5) is 4.79 Å². The van der Waals surface area contributed by atoms with Gasteiger partial charge in [0.25, 0.3) is 0 Å². The van der Waals surface area contributed by atoms with Crippen LogP contribution in [0.5, 0.6) is 0 Å². The summed E-state index contributed by atoms with van der Waals surface area (Å²) in [6.45, 7) is 7.45. The number of carbonyl (C=O) groups excluding carboxylic acids is 1. The van der Waals surface area contributed by atoms with Crippen LogP contribution in [0.3, 0.4) is 0 Å². The van der Waals surface area contributed by atoms with E-state index in [-0.39, 0.29) is 18.6 Å². The van der Waals surface area contributed by atoms with E-state index < -0.39 is 0 Å². The average Bonchev–Trinajstić information content (AvgIpc) is 3.31. The quantitative estimate of drug-likeness (QED) is 0.707. The number of nitrogens with zero attached hydrogens (tertiary/aromatic N) is 5. The molecule has 0 spiro atoms. The fourth-order valence-electron chi connectivity index (χ4n) is 3.14. The van der Waals surface area contributed by atoms with Crippen LogP contribution < -0.4 is 0 Å². The van der Waals surface area contributed by atoms with Gasteiger partial charge in [-0.3, -0.25) is 0 Å². The van der Waals surface area contributed by atoms with Crippen molar-refractivity contribution in [2.24, 2.45) is 5.92 Å². The molecule has 27 heavy (non-hydrogen) atoms. The molecule has 1 aliphatic rings. The molecule has 2 atom stereocenters. The summed E-state index contributed by atoms with van der Waals surface area (Å²) in [4.78, 5) is 13.8. The van der Waals surface area contributed by atoms with E-state index in [1.807, 2.05) is 37.3 Å². The Labute approximate surface area is 159 Å². The molecule has 1 fully saturated rings. The number of carbonyl (C=O) groups is 1. The van der Waals surface area contributed by atoms with Gasteiger partial charge in [-0.1, -0.05) is 44.2 Å². The van der Waals surface area contributed by atoms with Crippen molar-refractivity contribution in [1.82, 2.24) is 25.1 Å². The van der Waals surface area contributed by atoms with Crippen LogP contribution in [0.2, 0.25) is 0 Å². The number of benzene rings is 1. The molecule has 8 heteroatoms. The largest absolute Gasteiger partial charge is 0.447 e. The van der Waals surface area contributed by atoms with Crippen LogP contribution in [-0.2, 0) is 22.6 Å². The molecule has 8 nitrogen and oxygen atoms in total. The van der Waals surface area contributed by atoms with E-state index in [0.717, 1.165) is 30.9 Å². The van der Waals surface area contributed by atoms with E-state index in [4.69, 9.17) is 9.47 Å². The molecule has 1 aromatic carbocycles. The molecule has 0 saturated carbocycles. The van der Waals surface area contributed by atoms with E-state index in [2.05, 4.69) is 22.4 Å². The number of aromatic nitrogens is 4. The number of rotatable bonds is 8. The maximum Gasteiger partial charge on any atom is 0.409 e. The Morgan fingerprint density at radius 3 is 2.89 bits per heavy atom. The van der Waals surface area contributed by atoms with Crippen LogP contribution in [0, 0.1) is 5.92 Å². The van der Waals surface area contributed by atoms with Crippen LogP contribution in [0.1, 0.15) is 37.6 Å². The van der Waals surface area contributed by atoms with E-state index >= 15 is 0 Å². The summed E-state index contributed by atoms with van der Waals surface area (Å²) in [7, 11) is 0. The smallest absolute Gasteiger partial charge is 0.409 e. The summed E-state index contributed by atoms with van der Waals surface area (Å²) in [6.07, 6.45) is 0.778. The monoisotopic (exact) mass is 373 g/mol. The molecule has 146 valence electrons. The van der Waals surface area contributed by atoms with Gasteiger partial charge >= 0.3 is 6.09 Å². The zero-order valence-corrected chi connectivity index (χ0v) is 16.0. The molecule has 0 radical (unpaired) electrons. The van der Waals surface area contributed by atoms with Crippen LogP contribution in [0.15, 0.2) is 30.3 Å². The van der Waals surface area contributed by atoms with E-state index in [1.165, 1.54) is 0 Å². The highest BCUT2D eigenvalue weighted by molar-refractivity contribution is 5.67. The van der Waals surface area contributed by atoms with Crippen molar-refractivity contribution in [3.63, 3.8) is 0 Å². The Hall–Kier alpha value is -2.48. The highest BCUT2D eigenvalue weighted by Gasteiger charge is 2.24. The van der Waals surface area contributed by atoms with Gasteiger partial charge in [0, 0.05) is 19.0 Å². The number of tetrazole rings is 1. The van der Waals surface area contributed by atoms with Crippen molar-refractivity contribution in [2.75, 3.05) is 26.3 Å². The van der Waals surface area contributed by atoms with E-state index in [0.29, 0.717) is 25.7 Å². The minimum atomic E-state index is -0.256. The Kier molecular flexibility index (Phi) is 6.75. The van der Waals surface area contributed by atoms with Gasteiger partial charge in [-0.25, -0.2) is 9.48 Å². The summed E-state index contributed by atoms with van der Waals surface area (Å²) >= 11 is 0. The Balaban J connectivity index is 1.42. The van der Waals surface area contributed by atoms with Crippen molar-refractivity contribution in [2.45, 2.75) is 39.3 Å². The summed E-state index contributed by atoms with van der Waals surface area (Å²) < 4.78 is 12.8. The second-order valence-corrected chi connectivity index (χ2v) is 7.12. The van der Waals surface area contributed by atoms with Crippen LogP contribution in [-0.4, -0.2) is 57.5 Å². The lowest BCUT2D eigenvalue weighted by atomic mass is 10.2. The van der Waals surface area contributed by atoms with Crippen LogP contribution in [0.25, 0.3) is 0 Å². The maximum absolute atomic E-state index is 12.0. The Morgan fingerprint density at radius 1 is 1.33 bits per heavy atom. The van der Waals surface area contributed by atoms with Gasteiger partial charge in [0.15, 0.2) is 5.82 Å². The molecule has 0 bridgehead atoms. The van der Waals surface area contributed by atoms with Crippen molar-refractivity contribution in [1.29, 1.82) is 0 Å².